The topological polar surface area (TPSA) is 77.8 Å². The maximum Gasteiger partial charge on any atom is 0.277 e. The van der Waals surface area contributed by atoms with Gasteiger partial charge in [0.25, 0.3) is 5.89 Å². The predicted molar refractivity (Wildman–Crippen MR) is 79.1 cm³/mol. The first-order chi connectivity index (χ1) is 9.10. The molecule has 0 amide bonds. The van der Waals surface area contributed by atoms with Gasteiger partial charge in [-0.05, 0) is 13.3 Å². The zero-order valence-corrected chi connectivity index (χ0v) is 12.9. The number of nitrogens with two attached hydrogens (primary N) is 1. The Balaban J connectivity index is 2.03. The Morgan fingerprint density at radius 3 is 2.84 bits per heavy atom. The minimum atomic E-state index is -0.0675. The molecule has 2 aromatic rings. The SMILES string of the molecule is CCC(C)SCc1noc(-c2csc(C(C)N)n2)n1. The zero-order valence-electron chi connectivity index (χ0n) is 11.3. The lowest BCUT2D eigenvalue weighted by molar-refractivity contribution is 0.424. The van der Waals surface area contributed by atoms with Crippen molar-refractivity contribution in [2.45, 2.75) is 44.2 Å². The van der Waals surface area contributed by atoms with Crippen molar-refractivity contribution in [3.8, 4) is 11.6 Å². The van der Waals surface area contributed by atoms with E-state index in [1.54, 1.807) is 0 Å². The van der Waals surface area contributed by atoms with Crippen LogP contribution in [0.25, 0.3) is 11.6 Å². The normalized spacial score (nSPS) is 14.5. The van der Waals surface area contributed by atoms with Crippen molar-refractivity contribution < 1.29 is 4.52 Å². The second-order valence-corrected chi connectivity index (χ2v) is 6.72. The Kier molecular flexibility index (Phi) is 4.95. The summed E-state index contributed by atoms with van der Waals surface area (Å²) in [5, 5.41) is 7.36. The van der Waals surface area contributed by atoms with Gasteiger partial charge in [0.1, 0.15) is 10.7 Å². The Morgan fingerprint density at radius 1 is 1.42 bits per heavy atom. The Morgan fingerprint density at radius 2 is 2.21 bits per heavy atom. The van der Waals surface area contributed by atoms with Crippen LogP contribution in [0.5, 0.6) is 0 Å². The largest absolute Gasteiger partial charge is 0.332 e. The van der Waals surface area contributed by atoms with Crippen LogP contribution in [0.1, 0.15) is 44.1 Å². The van der Waals surface area contributed by atoms with Crippen LogP contribution in [0.4, 0.5) is 0 Å². The van der Waals surface area contributed by atoms with E-state index >= 15 is 0 Å². The highest BCUT2D eigenvalue weighted by atomic mass is 32.2. The standard InChI is InChI=1S/C12H18N4OS2/c1-4-7(2)18-6-10-15-11(17-16-10)9-5-19-12(14-9)8(3)13/h5,7-8H,4,6,13H2,1-3H3. The van der Waals surface area contributed by atoms with E-state index in [0.717, 1.165) is 23.0 Å². The van der Waals surface area contributed by atoms with Gasteiger partial charge < -0.3 is 10.3 Å². The van der Waals surface area contributed by atoms with Gasteiger partial charge in [-0.25, -0.2) is 4.98 Å². The van der Waals surface area contributed by atoms with Crippen molar-refractivity contribution in [3.05, 3.63) is 16.2 Å². The van der Waals surface area contributed by atoms with Gasteiger partial charge in [-0.3, -0.25) is 0 Å². The Hall–Kier alpha value is -0.920. The van der Waals surface area contributed by atoms with Gasteiger partial charge in [-0.1, -0.05) is 19.0 Å². The van der Waals surface area contributed by atoms with Gasteiger partial charge in [0.05, 0.1) is 11.8 Å². The number of thioether (sulfide) groups is 1. The number of hydrogen-bond donors (Lipinski definition) is 1. The maximum atomic E-state index is 5.78. The van der Waals surface area contributed by atoms with Crippen LogP contribution in [-0.4, -0.2) is 20.4 Å². The van der Waals surface area contributed by atoms with Gasteiger partial charge in [-0.15, -0.1) is 11.3 Å². The van der Waals surface area contributed by atoms with Crippen LogP contribution < -0.4 is 5.73 Å². The summed E-state index contributed by atoms with van der Waals surface area (Å²) in [6.45, 7) is 6.27. The van der Waals surface area contributed by atoms with Gasteiger partial charge >= 0.3 is 0 Å². The van der Waals surface area contributed by atoms with Gasteiger partial charge in [-0.2, -0.15) is 16.7 Å². The molecule has 2 rings (SSSR count). The van der Waals surface area contributed by atoms with Crippen LogP contribution in [0.2, 0.25) is 0 Å². The second-order valence-electron chi connectivity index (χ2n) is 4.41. The minimum Gasteiger partial charge on any atom is -0.332 e. The van der Waals surface area contributed by atoms with Crippen molar-refractivity contribution in [2.75, 3.05) is 0 Å². The van der Waals surface area contributed by atoms with Crippen molar-refractivity contribution in [1.82, 2.24) is 15.1 Å². The highest BCUT2D eigenvalue weighted by Crippen LogP contribution is 2.24. The van der Waals surface area contributed by atoms with Crippen LogP contribution in [0.15, 0.2) is 9.90 Å². The maximum absolute atomic E-state index is 5.78. The molecule has 0 saturated carbocycles. The fourth-order valence-corrected chi connectivity index (χ4v) is 2.88. The summed E-state index contributed by atoms with van der Waals surface area (Å²) in [7, 11) is 0. The van der Waals surface area contributed by atoms with Gasteiger partial charge in [0, 0.05) is 10.6 Å². The molecule has 0 bridgehead atoms. The van der Waals surface area contributed by atoms with Crippen LogP contribution in [0, 0.1) is 0 Å². The molecular weight excluding hydrogens is 280 g/mol. The molecule has 0 spiro atoms. The van der Waals surface area contributed by atoms with Crippen molar-refractivity contribution in [2.24, 2.45) is 5.73 Å². The molecule has 0 saturated heterocycles. The third-order valence-corrected chi connectivity index (χ3v) is 5.04. The van der Waals surface area contributed by atoms with Crippen LogP contribution >= 0.6 is 23.1 Å². The van der Waals surface area contributed by atoms with Crippen molar-refractivity contribution >= 4 is 23.1 Å². The van der Waals surface area contributed by atoms with Crippen LogP contribution in [-0.2, 0) is 5.75 Å². The van der Waals surface area contributed by atoms with Crippen LogP contribution in [0.3, 0.4) is 0 Å². The number of aromatic nitrogens is 3. The van der Waals surface area contributed by atoms with Crippen molar-refractivity contribution in [1.29, 1.82) is 0 Å². The molecule has 0 fully saturated rings. The fraction of sp³-hybridized carbons (Fsp3) is 0.583. The monoisotopic (exact) mass is 298 g/mol. The lowest BCUT2D eigenvalue weighted by Gasteiger charge is -2.04. The van der Waals surface area contributed by atoms with E-state index in [1.165, 1.54) is 11.3 Å². The Bertz CT molecular complexity index is 523. The molecule has 19 heavy (non-hydrogen) atoms. The van der Waals surface area contributed by atoms with Gasteiger partial charge in [0.2, 0.25) is 0 Å². The van der Waals surface area contributed by atoms with Gasteiger partial charge in [0.15, 0.2) is 5.82 Å². The fourth-order valence-electron chi connectivity index (χ4n) is 1.35. The lowest BCUT2D eigenvalue weighted by Crippen LogP contribution is -2.03. The predicted octanol–water partition coefficient (Wildman–Crippen LogP) is 3.24. The van der Waals surface area contributed by atoms with E-state index in [9.17, 15) is 0 Å². The molecule has 2 unspecified atom stereocenters. The Labute approximate surface area is 121 Å². The average molecular weight is 298 g/mol. The molecule has 7 heteroatoms. The first-order valence-corrected chi connectivity index (χ1v) is 8.18. The quantitative estimate of drug-likeness (QED) is 0.882. The van der Waals surface area contributed by atoms with E-state index < -0.39 is 0 Å². The summed E-state index contributed by atoms with van der Waals surface area (Å²) < 4.78 is 5.24. The average Bonchev–Trinajstić information content (AvgIpc) is 3.04. The highest BCUT2D eigenvalue weighted by molar-refractivity contribution is 7.99. The molecule has 2 heterocycles. The molecule has 5 nitrogen and oxygen atoms in total. The molecule has 0 aromatic carbocycles. The zero-order chi connectivity index (χ0) is 13.8. The summed E-state index contributed by atoms with van der Waals surface area (Å²) in [4.78, 5) is 8.76. The lowest BCUT2D eigenvalue weighted by atomic mass is 10.4. The first kappa shape index (κ1) is 14.5. The molecular formula is C12H18N4OS2. The van der Waals surface area contributed by atoms with E-state index in [0.29, 0.717) is 16.8 Å². The third-order valence-electron chi connectivity index (χ3n) is 2.67. The number of hydrogen-bond acceptors (Lipinski definition) is 7. The van der Waals surface area contributed by atoms with E-state index in [4.69, 9.17) is 10.3 Å². The minimum absolute atomic E-state index is 0.0675. The molecule has 2 aromatic heterocycles. The molecule has 2 N–H and O–H groups in total. The summed E-state index contributed by atoms with van der Waals surface area (Å²) in [5.74, 6) is 1.96. The number of thiazole rings is 1. The number of rotatable bonds is 6. The molecule has 104 valence electrons. The number of nitrogens with zero attached hydrogens (tertiary/aromatic N) is 3. The van der Waals surface area contributed by atoms with E-state index in [1.807, 2.05) is 24.1 Å². The summed E-state index contributed by atoms with van der Waals surface area (Å²) in [5.41, 5.74) is 6.50. The summed E-state index contributed by atoms with van der Waals surface area (Å²) >= 11 is 3.34. The molecule has 0 aliphatic rings. The van der Waals surface area contributed by atoms with E-state index in [-0.39, 0.29) is 6.04 Å². The molecule has 0 radical (unpaired) electrons. The molecule has 0 aliphatic heterocycles. The van der Waals surface area contributed by atoms with E-state index in [2.05, 4.69) is 29.0 Å². The molecule has 2 atom stereocenters. The summed E-state index contributed by atoms with van der Waals surface area (Å²) in [6.07, 6.45) is 1.14. The van der Waals surface area contributed by atoms with Crippen molar-refractivity contribution in [3.63, 3.8) is 0 Å². The highest BCUT2D eigenvalue weighted by Gasteiger charge is 2.14. The smallest absolute Gasteiger partial charge is 0.277 e. The first-order valence-electron chi connectivity index (χ1n) is 6.25. The molecule has 0 aliphatic carbocycles. The third kappa shape index (κ3) is 3.77. The second kappa shape index (κ2) is 6.49. The summed E-state index contributed by atoms with van der Waals surface area (Å²) in [6, 6.07) is -0.0675.